The van der Waals surface area contributed by atoms with Gasteiger partial charge in [-0.05, 0) is 67.1 Å². The van der Waals surface area contributed by atoms with Crippen LogP contribution in [-0.2, 0) is 6.54 Å². The number of anilines is 2. The molecule has 3 aromatic rings. The number of nitrogens with two attached hydrogens (primary N) is 1. The number of hydrogen-bond donors (Lipinski definition) is 3. The summed E-state index contributed by atoms with van der Waals surface area (Å²) in [6.07, 6.45) is 7.40. The molecule has 1 aliphatic carbocycles. The molecule has 0 aliphatic heterocycles. The molecule has 0 spiro atoms. The Kier molecular flexibility index (Phi) is 7.57. The molecule has 0 radical (unpaired) electrons. The minimum absolute atomic E-state index is 0.120. The Labute approximate surface area is 196 Å². The lowest BCUT2D eigenvalue weighted by Gasteiger charge is -2.27. The Morgan fingerprint density at radius 2 is 1.88 bits per heavy atom. The third kappa shape index (κ3) is 6.52. The number of benzene rings is 1. The van der Waals surface area contributed by atoms with Crippen molar-refractivity contribution in [2.45, 2.75) is 50.9 Å². The van der Waals surface area contributed by atoms with Crippen LogP contribution in [0.1, 0.15) is 31.2 Å². The van der Waals surface area contributed by atoms with Gasteiger partial charge in [0.05, 0.1) is 5.02 Å². The maximum atomic E-state index is 12.4. The third-order valence-corrected chi connectivity index (χ3v) is 5.95. The Balaban J connectivity index is 1.45. The van der Waals surface area contributed by atoms with Crippen LogP contribution >= 0.6 is 11.6 Å². The molecule has 2 heterocycles. The first-order chi connectivity index (χ1) is 16.0. The van der Waals surface area contributed by atoms with Crippen LogP contribution in [0.4, 0.5) is 20.4 Å². The van der Waals surface area contributed by atoms with Crippen LogP contribution < -0.4 is 21.1 Å². The molecule has 0 amide bonds. The zero-order valence-electron chi connectivity index (χ0n) is 18.0. The molecule has 4 rings (SSSR count). The molecule has 1 saturated carbocycles. The molecule has 1 aromatic carbocycles. The summed E-state index contributed by atoms with van der Waals surface area (Å²) in [6.45, 7) is -2.45. The van der Waals surface area contributed by atoms with Crippen LogP contribution in [0, 0.1) is 0 Å². The van der Waals surface area contributed by atoms with Crippen molar-refractivity contribution in [3.8, 4) is 16.9 Å². The van der Waals surface area contributed by atoms with Crippen LogP contribution in [0.25, 0.3) is 11.1 Å². The monoisotopic (exact) mass is 473 g/mol. The highest BCUT2D eigenvalue weighted by molar-refractivity contribution is 6.33. The number of nitrogens with one attached hydrogen (secondary N) is 2. The lowest BCUT2D eigenvalue weighted by atomic mass is 9.92. The first-order valence-corrected chi connectivity index (χ1v) is 11.3. The molecule has 1 fully saturated rings. The zero-order chi connectivity index (χ0) is 23.2. The Morgan fingerprint density at radius 1 is 1.06 bits per heavy atom. The summed E-state index contributed by atoms with van der Waals surface area (Å²) < 4.78 is 29.3. The molecule has 0 atom stereocenters. The van der Waals surface area contributed by atoms with Crippen molar-refractivity contribution >= 4 is 23.2 Å². The van der Waals surface area contributed by atoms with E-state index in [1.165, 1.54) is 6.07 Å². The van der Waals surface area contributed by atoms with Crippen LogP contribution in [0.2, 0.25) is 5.02 Å². The molecular weight excluding hydrogens is 448 g/mol. The Bertz CT molecular complexity index is 1080. The van der Waals surface area contributed by atoms with E-state index in [4.69, 9.17) is 17.3 Å². The number of rotatable bonds is 8. The van der Waals surface area contributed by atoms with E-state index in [0.717, 1.165) is 48.2 Å². The second kappa shape index (κ2) is 10.8. The van der Waals surface area contributed by atoms with Crippen molar-refractivity contribution in [1.82, 2.24) is 9.97 Å². The van der Waals surface area contributed by atoms with E-state index < -0.39 is 6.61 Å². The normalized spacial score (nSPS) is 18.2. The molecule has 0 bridgehead atoms. The molecule has 9 heteroatoms. The van der Waals surface area contributed by atoms with E-state index in [9.17, 15) is 8.78 Å². The summed E-state index contributed by atoms with van der Waals surface area (Å²) in [7, 11) is 0. The van der Waals surface area contributed by atoms with Gasteiger partial charge >= 0.3 is 6.61 Å². The van der Waals surface area contributed by atoms with Gasteiger partial charge < -0.3 is 21.1 Å². The van der Waals surface area contributed by atoms with Gasteiger partial charge in [-0.25, -0.2) is 9.97 Å². The molecule has 174 valence electrons. The molecular formula is C24H26ClF2N5O. The molecule has 4 N–H and O–H groups in total. The highest BCUT2D eigenvalue weighted by Crippen LogP contribution is 2.31. The fourth-order valence-electron chi connectivity index (χ4n) is 3.93. The number of aromatic nitrogens is 2. The second-order valence-corrected chi connectivity index (χ2v) is 8.52. The van der Waals surface area contributed by atoms with Crippen molar-refractivity contribution in [2.24, 2.45) is 5.73 Å². The summed E-state index contributed by atoms with van der Waals surface area (Å²) in [5.74, 6) is 1.53. The number of nitrogens with zero attached hydrogens (tertiary/aromatic N) is 2. The smallest absolute Gasteiger partial charge is 0.387 e. The van der Waals surface area contributed by atoms with Gasteiger partial charge in [-0.2, -0.15) is 8.78 Å². The van der Waals surface area contributed by atoms with E-state index in [-0.39, 0.29) is 5.75 Å². The van der Waals surface area contributed by atoms with Crippen LogP contribution in [0.3, 0.4) is 0 Å². The molecule has 0 saturated heterocycles. The van der Waals surface area contributed by atoms with Gasteiger partial charge in [0.25, 0.3) is 0 Å². The van der Waals surface area contributed by atoms with Gasteiger partial charge in [0, 0.05) is 36.6 Å². The predicted molar refractivity (Wildman–Crippen MR) is 127 cm³/mol. The molecule has 1 aliphatic rings. The predicted octanol–water partition coefficient (Wildman–Crippen LogP) is 5.69. The van der Waals surface area contributed by atoms with E-state index in [2.05, 4.69) is 25.3 Å². The standard InChI is InChI=1S/C24H26ClF2N5O/c25-21-14-31-23(32-18-6-4-17(28)5-7-18)12-20(21)16-8-9-29-22(11-16)30-13-15-2-1-3-19(10-15)33-24(26)27/h1-3,8-12,14,17-18,24H,4-7,13,28H2,(H,29,30)(H,31,32)/t17-,18-. The maximum Gasteiger partial charge on any atom is 0.387 e. The molecule has 2 aromatic heterocycles. The summed E-state index contributed by atoms with van der Waals surface area (Å²) in [5, 5.41) is 7.25. The first kappa shape index (κ1) is 23.2. The maximum absolute atomic E-state index is 12.4. The van der Waals surface area contributed by atoms with Gasteiger partial charge in [-0.3, -0.25) is 0 Å². The SMILES string of the molecule is N[C@H]1CC[C@H](Nc2cc(-c3ccnc(NCc4cccc(OC(F)F)c4)c3)c(Cl)cn2)CC1. The summed E-state index contributed by atoms with van der Waals surface area (Å²) in [6, 6.07) is 12.9. The Hall–Kier alpha value is -2.97. The largest absolute Gasteiger partial charge is 0.435 e. The zero-order valence-corrected chi connectivity index (χ0v) is 18.7. The fourth-order valence-corrected chi connectivity index (χ4v) is 4.14. The minimum Gasteiger partial charge on any atom is -0.435 e. The van der Waals surface area contributed by atoms with E-state index >= 15 is 0 Å². The number of ether oxygens (including phenoxy) is 1. The van der Waals surface area contributed by atoms with Crippen molar-refractivity contribution in [1.29, 1.82) is 0 Å². The second-order valence-electron chi connectivity index (χ2n) is 8.11. The lowest BCUT2D eigenvalue weighted by molar-refractivity contribution is -0.0498. The first-order valence-electron chi connectivity index (χ1n) is 10.9. The number of hydrogen-bond acceptors (Lipinski definition) is 6. The van der Waals surface area contributed by atoms with Gasteiger partial charge in [0.15, 0.2) is 0 Å². The van der Waals surface area contributed by atoms with Crippen LogP contribution in [0.15, 0.2) is 54.9 Å². The average Bonchev–Trinajstić information content (AvgIpc) is 2.80. The summed E-state index contributed by atoms with van der Waals surface area (Å²) in [4.78, 5) is 8.79. The van der Waals surface area contributed by atoms with Crippen molar-refractivity contribution in [2.75, 3.05) is 10.6 Å². The Morgan fingerprint density at radius 3 is 2.67 bits per heavy atom. The topological polar surface area (TPSA) is 85.1 Å². The van der Waals surface area contributed by atoms with Gasteiger partial charge in [0.2, 0.25) is 0 Å². The highest BCUT2D eigenvalue weighted by Gasteiger charge is 2.19. The van der Waals surface area contributed by atoms with Gasteiger partial charge in [0.1, 0.15) is 17.4 Å². The summed E-state index contributed by atoms with van der Waals surface area (Å²) in [5.41, 5.74) is 8.53. The van der Waals surface area contributed by atoms with E-state index in [0.29, 0.717) is 29.5 Å². The minimum atomic E-state index is -2.85. The average molecular weight is 474 g/mol. The van der Waals surface area contributed by atoms with Gasteiger partial charge in [-0.15, -0.1) is 0 Å². The number of halogens is 3. The third-order valence-electron chi connectivity index (χ3n) is 5.65. The van der Waals surface area contributed by atoms with E-state index in [1.54, 1.807) is 24.5 Å². The van der Waals surface area contributed by atoms with Crippen LogP contribution in [-0.4, -0.2) is 28.7 Å². The van der Waals surface area contributed by atoms with Gasteiger partial charge in [-0.1, -0.05) is 23.7 Å². The fraction of sp³-hybridized carbons (Fsp3) is 0.333. The quantitative estimate of drug-likeness (QED) is 0.389. The van der Waals surface area contributed by atoms with E-state index in [1.807, 2.05) is 24.3 Å². The van der Waals surface area contributed by atoms with Crippen molar-refractivity contribution in [3.05, 3.63) is 65.4 Å². The molecule has 0 unspecified atom stereocenters. The molecule has 6 nitrogen and oxygen atoms in total. The molecule has 33 heavy (non-hydrogen) atoms. The number of alkyl halides is 2. The number of pyridine rings is 2. The van der Waals surface area contributed by atoms with Crippen LogP contribution in [0.5, 0.6) is 5.75 Å². The van der Waals surface area contributed by atoms with Crippen molar-refractivity contribution in [3.63, 3.8) is 0 Å². The van der Waals surface area contributed by atoms with Crippen molar-refractivity contribution < 1.29 is 13.5 Å². The lowest BCUT2D eigenvalue weighted by Crippen LogP contribution is -2.33. The summed E-state index contributed by atoms with van der Waals surface area (Å²) >= 11 is 6.45. The highest BCUT2D eigenvalue weighted by atomic mass is 35.5.